The van der Waals surface area contributed by atoms with Gasteiger partial charge < -0.3 is 15.2 Å². The Hall–Kier alpha value is -2.67. The van der Waals surface area contributed by atoms with Gasteiger partial charge in [0.15, 0.2) is 0 Å². The molecule has 0 bridgehead atoms. The van der Waals surface area contributed by atoms with Gasteiger partial charge in [0.1, 0.15) is 17.5 Å². The first-order valence-electron chi connectivity index (χ1n) is 7.68. The van der Waals surface area contributed by atoms with E-state index in [9.17, 15) is 4.79 Å². The van der Waals surface area contributed by atoms with Gasteiger partial charge in [-0.05, 0) is 43.0 Å². The molecule has 0 aromatic carbocycles. The van der Waals surface area contributed by atoms with Crippen LogP contribution in [0.25, 0.3) is 5.82 Å². The van der Waals surface area contributed by atoms with Crippen LogP contribution in [0.5, 0.6) is 0 Å². The summed E-state index contributed by atoms with van der Waals surface area (Å²) in [6.45, 7) is 4.96. The minimum atomic E-state index is -0.0400. The van der Waals surface area contributed by atoms with Gasteiger partial charge in [-0.3, -0.25) is 4.79 Å². The van der Waals surface area contributed by atoms with E-state index in [1.165, 1.54) is 11.3 Å². The summed E-state index contributed by atoms with van der Waals surface area (Å²) in [4.78, 5) is 21.5. The highest BCUT2D eigenvalue weighted by molar-refractivity contribution is 7.12. The number of thiophene rings is 1. The number of amides is 1. The molecule has 3 rings (SSSR count). The van der Waals surface area contributed by atoms with Crippen molar-refractivity contribution >= 4 is 23.1 Å². The van der Waals surface area contributed by atoms with Crippen LogP contribution in [0.3, 0.4) is 0 Å². The van der Waals surface area contributed by atoms with Crippen molar-refractivity contribution in [2.45, 2.75) is 13.8 Å². The molecule has 3 aromatic rings. The highest BCUT2D eigenvalue weighted by Gasteiger charge is 2.07. The van der Waals surface area contributed by atoms with Crippen LogP contribution in [-0.2, 0) is 0 Å². The van der Waals surface area contributed by atoms with Gasteiger partial charge >= 0.3 is 0 Å². The van der Waals surface area contributed by atoms with Crippen molar-refractivity contribution in [3.05, 3.63) is 58.3 Å². The van der Waals surface area contributed by atoms with Crippen LogP contribution < -0.4 is 10.6 Å². The predicted molar refractivity (Wildman–Crippen MR) is 96.0 cm³/mol. The third-order valence-corrected chi connectivity index (χ3v) is 4.41. The van der Waals surface area contributed by atoms with E-state index in [-0.39, 0.29) is 5.91 Å². The second-order valence-electron chi connectivity index (χ2n) is 5.42. The van der Waals surface area contributed by atoms with E-state index in [0.717, 1.165) is 22.1 Å². The Labute approximate surface area is 144 Å². The highest BCUT2D eigenvalue weighted by Crippen LogP contribution is 2.13. The molecule has 7 heteroatoms. The molecule has 3 heterocycles. The second kappa shape index (κ2) is 7.27. The zero-order valence-electron chi connectivity index (χ0n) is 13.6. The van der Waals surface area contributed by atoms with E-state index >= 15 is 0 Å². The fourth-order valence-electron chi connectivity index (χ4n) is 2.27. The van der Waals surface area contributed by atoms with Crippen molar-refractivity contribution < 1.29 is 4.79 Å². The van der Waals surface area contributed by atoms with E-state index in [2.05, 4.69) is 20.6 Å². The van der Waals surface area contributed by atoms with Crippen molar-refractivity contribution in [2.24, 2.45) is 0 Å². The summed E-state index contributed by atoms with van der Waals surface area (Å²) in [5.74, 6) is 2.21. The van der Waals surface area contributed by atoms with Crippen LogP contribution in [0.15, 0.2) is 42.0 Å². The molecule has 24 heavy (non-hydrogen) atoms. The summed E-state index contributed by atoms with van der Waals surface area (Å²) in [6, 6.07) is 7.68. The second-order valence-corrected chi connectivity index (χ2v) is 6.33. The van der Waals surface area contributed by atoms with Gasteiger partial charge in [0.2, 0.25) is 0 Å². The van der Waals surface area contributed by atoms with Crippen LogP contribution in [-0.4, -0.2) is 33.5 Å². The number of carbonyl (C=O) groups excluding carboxylic acids is 1. The lowest BCUT2D eigenvalue weighted by Gasteiger charge is -2.09. The number of rotatable bonds is 6. The molecule has 0 aliphatic carbocycles. The number of hydrogen-bond donors (Lipinski definition) is 2. The van der Waals surface area contributed by atoms with E-state index in [4.69, 9.17) is 0 Å². The minimum Gasteiger partial charge on any atom is -0.368 e. The fraction of sp³-hybridized carbons (Fsp3) is 0.235. The van der Waals surface area contributed by atoms with Crippen LogP contribution in [0.4, 0.5) is 5.82 Å². The molecule has 0 atom stereocenters. The molecule has 0 radical (unpaired) electrons. The van der Waals surface area contributed by atoms with Crippen LogP contribution in [0, 0.1) is 13.8 Å². The smallest absolute Gasteiger partial charge is 0.261 e. The van der Waals surface area contributed by atoms with Crippen LogP contribution in [0.1, 0.15) is 21.1 Å². The number of hydrogen-bond acceptors (Lipinski definition) is 5. The number of aryl methyl sites for hydroxylation is 2. The molecule has 0 saturated heterocycles. The zero-order valence-corrected chi connectivity index (χ0v) is 14.4. The summed E-state index contributed by atoms with van der Waals surface area (Å²) in [7, 11) is 0. The molecule has 0 saturated carbocycles. The Kier molecular flexibility index (Phi) is 4.90. The first-order chi connectivity index (χ1) is 11.6. The highest BCUT2D eigenvalue weighted by atomic mass is 32.1. The number of anilines is 1. The van der Waals surface area contributed by atoms with Gasteiger partial charge in [-0.25, -0.2) is 9.97 Å². The maximum absolute atomic E-state index is 12.0. The average molecular weight is 341 g/mol. The Morgan fingerprint density at radius 1 is 1.17 bits per heavy atom. The first-order valence-corrected chi connectivity index (χ1v) is 8.56. The van der Waals surface area contributed by atoms with E-state index in [0.29, 0.717) is 18.9 Å². The van der Waals surface area contributed by atoms with Gasteiger partial charge in [-0.1, -0.05) is 0 Å². The summed E-state index contributed by atoms with van der Waals surface area (Å²) >= 11 is 1.46. The Balaban J connectivity index is 1.54. The minimum absolute atomic E-state index is 0.0400. The topological polar surface area (TPSA) is 71.8 Å². The quantitative estimate of drug-likeness (QED) is 0.676. The van der Waals surface area contributed by atoms with Crippen LogP contribution in [0.2, 0.25) is 0 Å². The normalized spacial score (nSPS) is 10.6. The summed E-state index contributed by atoms with van der Waals surface area (Å²) in [5.41, 5.74) is 1.11. The van der Waals surface area contributed by atoms with Crippen molar-refractivity contribution in [1.82, 2.24) is 19.9 Å². The molecular weight excluding hydrogens is 322 g/mol. The SMILES string of the molecule is Cc1csc(C(=O)NCCNc2cc(-n3cccc3)nc(C)n2)c1. The summed E-state index contributed by atoms with van der Waals surface area (Å²) in [6.07, 6.45) is 3.88. The summed E-state index contributed by atoms with van der Waals surface area (Å²) in [5, 5.41) is 8.10. The van der Waals surface area contributed by atoms with Crippen molar-refractivity contribution in [3.8, 4) is 5.82 Å². The molecule has 0 fully saturated rings. The molecule has 6 nitrogen and oxygen atoms in total. The number of nitrogens with zero attached hydrogens (tertiary/aromatic N) is 3. The molecule has 124 valence electrons. The third-order valence-electron chi connectivity index (χ3n) is 3.36. The fourth-order valence-corrected chi connectivity index (χ4v) is 3.08. The predicted octanol–water partition coefficient (Wildman–Crippen LogP) is 2.79. The maximum atomic E-state index is 12.0. The number of carbonyl (C=O) groups is 1. The lowest BCUT2D eigenvalue weighted by Crippen LogP contribution is -2.28. The molecule has 3 aromatic heterocycles. The average Bonchev–Trinajstić information content (AvgIpc) is 3.22. The van der Waals surface area contributed by atoms with E-state index < -0.39 is 0 Å². The first kappa shape index (κ1) is 16.2. The molecule has 0 unspecified atom stereocenters. The molecule has 0 aliphatic rings. The molecule has 1 amide bonds. The Morgan fingerprint density at radius 2 is 1.96 bits per heavy atom. The van der Waals surface area contributed by atoms with Crippen molar-refractivity contribution in [1.29, 1.82) is 0 Å². The van der Waals surface area contributed by atoms with Gasteiger partial charge in [0, 0.05) is 31.5 Å². The molecule has 0 spiro atoms. The Bertz CT molecular complexity index is 825. The maximum Gasteiger partial charge on any atom is 0.261 e. The lowest BCUT2D eigenvalue weighted by molar-refractivity contribution is 0.0959. The molecular formula is C17H19N5OS. The molecule has 2 N–H and O–H groups in total. The third kappa shape index (κ3) is 3.99. The van der Waals surface area contributed by atoms with E-state index in [1.807, 2.05) is 60.5 Å². The van der Waals surface area contributed by atoms with Gasteiger partial charge in [-0.2, -0.15) is 0 Å². The van der Waals surface area contributed by atoms with Crippen molar-refractivity contribution in [2.75, 3.05) is 18.4 Å². The largest absolute Gasteiger partial charge is 0.368 e. The number of aromatic nitrogens is 3. The van der Waals surface area contributed by atoms with Crippen molar-refractivity contribution in [3.63, 3.8) is 0 Å². The zero-order chi connectivity index (χ0) is 16.9. The van der Waals surface area contributed by atoms with E-state index in [1.54, 1.807) is 0 Å². The van der Waals surface area contributed by atoms with Gasteiger partial charge in [-0.15, -0.1) is 11.3 Å². The lowest BCUT2D eigenvalue weighted by atomic mass is 10.3. The van der Waals surface area contributed by atoms with Gasteiger partial charge in [0.05, 0.1) is 4.88 Å². The number of nitrogens with one attached hydrogen (secondary N) is 2. The Morgan fingerprint density at radius 3 is 2.67 bits per heavy atom. The van der Waals surface area contributed by atoms with Gasteiger partial charge in [0.25, 0.3) is 5.91 Å². The monoisotopic (exact) mass is 341 g/mol. The summed E-state index contributed by atoms with van der Waals surface area (Å²) < 4.78 is 1.93. The molecule has 0 aliphatic heterocycles. The van der Waals surface area contributed by atoms with Crippen LogP contribution >= 0.6 is 11.3 Å². The standard InChI is InChI=1S/C17H19N5OS/c1-12-9-14(24-11-12)17(23)19-6-5-18-15-10-16(21-13(2)20-15)22-7-3-4-8-22/h3-4,7-11H,5-6H2,1-2H3,(H,19,23)(H,18,20,21).